The summed E-state index contributed by atoms with van der Waals surface area (Å²) in [5.74, 6) is 0.724. The zero-order valence-electron chi connectivity index (χ0n) is 9.58. The van der Waals surface area contributed by atoms with E-state index in [0.29, 0.717) is 6.10 Å². The molecular weight excluding hydrogens is 192 g/mol. The maximum Gasteiger partial charge on any atom is 0.0682 e. The highest BCUT2D eigenvalue weighted by atomic mass is 16.5. The SMILES string of the molecule is COCCCC1(CO)CCOC1C1CC1. The largest absolute Gasteiger partial charge is 0.396 e. The van der Waals surface area contributed by atoms with Gasteiger partial charge in [0.15, 0.2) is 0 Å². The van der Waals surface area contributed by atoms with Crippen LogP contribution in [0.15, 0.2) is 0 Å². The van der Waals surface area contributed by atoms with Gasteiger partial charge in [-0.15, -0.1) is 0 Å². The first-order valence-corrected chi connectivity index (χ1v) is 6.04. The van der Waals surface area contributed by atoms with Crippen molar-refractivity contribution in [2.45, 2.75) is 38.2 Å². The zero-order valence-corrected chi connectivity index (χ0v) is 9.58. The summed E-state index contributed by atoms with van der Waals surface area (Å²) >= 11 is 0. The Kier molecular flexibility index (Phi) is 3.65. The van der Waals surface area contributed by atoms with Crippen molar-refractivity contribution in [2.24, 2.45) is 11.3 Å². The number of hydrogen-bond acceptors (Lipinski definition) is 3. The van der Waals surface area contributed by atoms with E-state index in [0.717, 1.165) is 38.4 Å². The summed E-state index contributed by atoms with van der Waals surface area (Å²) in [6, 6.07) is 0. The molecule has 2 fully saturated rings. The number of aliphatic hydroxyl groups is 1. The summed E-state index contributed by atoms with van der Waals surface area (Å²) in [4.78, 5) is 0. The first-order valence-electron chi connectivity index (χ1n) is 6.04. The molecule has 1 aliphatic carbocycles. The van der Waals surface area contributed by atoms with Gasteiger partial charge in [-0.05, 0) is 38.0 Å². The third kappa shape index (κ3) is 2.35. The second-order valence-electron chi connectivity index (χ2n) is 5.00. The van der Waals surface area contributed by atoms with Crippen molar-refractivity contribution in [3.8, 4) is 0 Å². The lowest BCUT2D eigenvalue weighted by Crippen LogP contribution is -2.36. The Labute approximate surface area is 91.8 Å². The standard InChI is InChI=1S/C12H22O3/c1-14-7-2-5-12(9-13)6-8-15-11(12)10-3-4-10/h10-11,13H,2-9H2,1H3. The highest BCUT2D eigenvalue weighted by Crippen LogP contribution is 2.49. The molecule has 1 saturated carbocycles. The Morgan fingerprint density at radius 2 is 2.27 bits per heavy atom. The van der Waals surface area contributed by atoms with E-state index in [1.165, 1.54) is 12.8 Å². The van der Waals surface area contributed by atoms with E-state index in [2.05, 4.69) is 0 Å². The third-order valence-electron chi connectivity index (χ3n) is 3.89. The predicted octanol–water partition coefficient (Wildman–Crippen LogP) is 1.59. The van der Waals surface area contributed by atoms with Crippen molar-refractivity contribution in [3.05, 3.63) is 0 Å². The van der Waals surface area contributed by atoms with Crippen LogP contribution in [0.25, 0.3) is 0 Å². The highest BCUT2D eigenvalue weighted by Gasteiger charge is 2.50. The molecule has 0 radical (unpaired) electrons. The maximum atomic E-state index is 9.64. The molecule has 1 heterocycles. The highest BCUT2D eigenvalue weighted by molar-refractivity contribution is 4.99. The van der Waals surface area contributed by atoms with Crippen LogP contribution in [0.1, 0.15) is 32.1 Å². The van der Waals surface area contributed by atoms with E-state index in [1.807, 2.05) is 0 Å². The van der Waals surface area contributed by atoms with Gasteiger partial charge in [0.05, 0.1) is 12.7 Å². The zero-order chi connectivity index (χ0) is 10.7. The second-order valence-corrected chi connectivity index (χ2v) is 5.00. The molecule has 88 valence electrons. The summed E-state index contributed by atoms with van der Waals surface area (Å²) in [7, 11) is 1.73. The average molecular weight is 214 g/mol. The first-order chi connectivity index (χ1) is 7.32. The van der Waals surface area contributed by atoms with Crippen LogP contribution in [-0.4, -0.2) is 38.1 Å². The van der Waals surface area contributed by atoms with Crippen molar-refractivity contribution in [1.29, 1.82) is 0 Å². The predicted molar refractivity (Wildman–Crippen MR) is 57.7 cm³/mol. The Balaban J connectivity index is 1.92. The molecule has 3 heteroatoms. The van der Waals surface area contributed by atoms with Crippen molar-refractivity contribution < 1.29 is 14.6 Å². The summed E-state index contributed by atoms with van der Waals surface area (Å²) in [6.07, 6.45) is 5.99. The molecule has 0 aromatic carbocycles. The van der Waals surface area contributed by atoms with E-state index >= 15 is 0 Å². The molecule has 2 rings (SSSR count). The van der Waals surface area contributed by atoms with Crippen LogP contribution in [0.4, 0.5) is 0 Å². The molecular formula is C12H22O3. The van der Waals surface area contributed by atoms with E-state index < -0.39 is 0 Å². The number of aliphatic hydroxyl groups excluding tert-OH is 1. The molecule has 3 nitrogen and oxygen atoms in total. The Morgan fingerprint density at radius 1 is 1.47 bits per heavy atom. The molecule has 0 aromatic heterocycles. The minimum Gasteiger partial charge on any atom is -0.396 e. The lowest BCUT2D eigenvalue weighted by atomic mass is 9.76. The molecule has 2 unspecified atom stereocenters. The normalized spacial score (nSPS) is 36.0. The van der Waals surface area contributed by atoms with Crippen LogP contribution < -0.4 is 0 Å². The van der Waals surface area contributed by atoms with Gasteiger partial charge in [-0.3, -0.25) is 0 Å². The second kappa shape index (κ2) is 4.81. The quantitative estimate of drug-likeness (QED) is 0.682. The van der Waals surface area contributed by atoms with Crippen molar-refractivity contribution in [1.82, 2.24) is 0 Å². The van der Waals surface area contributed by atoms with E-state index in [9.17, 15) is 5.11 Å². The summed E-state index contributed by atoms with van der Waals surface area (Å²) < 4.78 is 10.9. The topological polar surface area (TPSA) is 38.7 Å². The number of hydrogen-bond donors (Lipinski definition) is 1. The van der Waals surface area contributed by atoms with Crippen LogP contribution in [0.3, 0.4) is 0 Å². The summed E-state index contributed by atoms with van der Waals surface area (Å²) in [5.41, 5.74) is 0.0414. The van der Waals surface area contributed by atoms with Gasteiger partial charge in [0, 0.05) is 25.7 Å². The molecule has 0 bridgehead atoms. The molecule has 0 amide bonds. The van der Waals surface area contributed by atoms with Crippen molar-refractivity contribution >= 4 is 0 Å². The van der Waals surface area contributed by atoms with Gasteiger partial charge in [0.1, 0.15) is 0 Å². The molecule has 2 aliphatic rings. The molecule has 1 aliphatic heterocycles. The Hall–Kier alpha value is -0.120. The van der Waals surface area contributed by atoms with Crippen molar-refractivity contribution in [2.75, 3.05) is 26.9 Å². The third-order valence-corrected chi connectivity index (χ3v) is 3.89. The molecule has 0 spiro atoms. The fourth-order valence-corrected chi connectivity index (χ4v) is 2.83. The van der Waals surface area contributed by atoms with E-state index in [4.69, 9.17) is 9.47 Å². The van der Waals surface area contributed by atoms with Crippen molar-refractivity contribution in [3.63, 3.8) is 0 Å². The minimum absolute atomic E-state index is 0.0414. The lowest BCUT2D eigenvalue weighted by Gasteiger charge is -2.32. The number of rotatable bonds is 6. The smallest absolute Gasteiger partial charge is 0.0682 e. The molecule has 0 aromatic rings. The average Bonchev–Trinajstić information content (AvgIpc) is 3.01. The van der Waals surface area contributed by atoms with Gasteiger partial charge >= 0.3 is 0 Å². The van der Waals surface area contributed by atoms with Gasteiger partial charge in [0.25, 0.3) is 0 Å². The molecule has 1 N–H and O–H groups in total. The maximum absolute atomic E-state index is 9.64. The monoisotopic (exact) mass is 214 g/mol. The summed E-state index contributed by atoms with van der Waals surface area (Å²) in [5, 5.41) is 9.64. The lowest BCUT2D eigenvalue weighted by molar-refractivity contribution is -0.00818. The molecule has 2 atom stereocenters. The van der Waals surface area contributed by atoms with Gasteiger partial charge in [-0.25, -0.2) is 0 Å². The van der Waals surface area contributed by atoms with Crippen LogP contribution >= 0.6 is 0 Å². The van der Waals surface area contributed by atoms with Crippen LogP contribution in [0.5, 0.6) is 0 Å². The van der Waals surface area contributed by atoms with Crippen LogP contribution in [0.2, 0.25) is 0 Å². The minimum atomic E-state index is 0.0414. The van der Waals surface area contributed by atoms with Gasteiger partial charge in [-0.2, -0.15) is 0 Å². The Bertz CT molecular complexity index is 203. The summed E-state index contributed by atoms with van der Waals surface area (Å²) in [6.45, 7) is 1.89. The fraction of sp³-hybridized carbons (Fsp3) is 1.00. The van der Waals surface area contributed by atoms with Crippen LogP contribution in [-0.2, 0) is 9.47 Å². The van der Waals surface area contributed by atoms with E-state index in [1.54, 1.807) is 7.11 Å². The number of methoxy groups -OCH3 is 1. The molecule has 15 heavy (non-hydrogen) atoms. The fourth-order valence-electron chi connectivity index (χ4n) is 2.83. The molecule has 1 saturated heterocycles. The van der Waals surface area contributed by atoms with Gasteiger partial charge in [0.2, 0.25) is 0 Å². The van der Waals surface area contributed by atoms with Gasteiger partial charge < -0.3 is 14.6 Å². The Morgan fingerprint density at radius 3 is 2.87 bits per heavy atom. The van der Waals surface area contributed by atoms with Gasteiger partial charge in [-0.1, -0.05) is 0 Å². The first kappa shape index (κ1) is 11.4. The van der Waals surface area contributed by atoms with Crippen LogP contribution in [0, 0.1) is 11.3 Å². The number of ether oxygens (including phenoxy) is 2. The van der Waals surface area contributed by atoms with E-state index in [-0.39, 0.29) is 12.0 Å².